The first kappa shape index (κ1) is 12.9. The lowest BCUT2D eigenvalue weighted by Crippen LogP contribution is -2.02. The normalized spacial score (nSPS) is 9.68. The number of nitrogens with zero attached hydrogens (tertiary/aromatic N) is 2. The number of rotatable bonds is 3. The fourth-order valence-corrected chi connectivity index (χ4v) is 1.68. The Labute approximate surface area is 114 Å². The zero-order chi connectivity index (χ0) is 13.8. The van der Waals surface area contributed by atoms with Gasteiger partial charge in [-0.3, -0.25) is 0 Å². The molecule has 0 fully saturated rings. The maximum absolute atomic E-state index is 10.8. The van der Waals surface area contributed by atoms with Gasteiger partial charge in [-0.1, -0.05) is 17.7 Å². The Kier molecular flexibility index (Phi) is 3.64. The minimum absolute atomic E-state index is 0.0604. The number of carbonyl (C=O) groups is 1. The maximum Gasteiger partial charge on any atom is 0.354 e. The quantitative estimate of drug-likeness (QED) is 0.897. The molecule has 0 bridgehead atoms. The molecule has 0 aliphatic carbocycles. The topological polar surface area (TPSA) is 86.0 Å². The smallest absolute Gasteiger partial charge is 0.354 e. The van der Waals surface area contributed by atoms with Gasteiger partial charge in [0.2, 0.25) is 0 Å². The molecule has 2 N–H and O–H groups in total. The van der Waals surface area contributed by atoms with Crippen molar-refractivity contribution in [1.82, 2.24) is 4.98 Å². The minimum atomic E-state index is -1.10. The summed E-state index contributed by atoms with van der Waals surface area (Å²) in [5, 5.41) is 20.8. The summed E-state index contributed by atoms with van der Waals surface area (Å²) in [6, 6.07) is 11.3. The largest absolute Gasteiger partial charge is 0.477 e. The van der Waals surface area contributed by atoms with E-state index in [1.54, 1.807) is 24.3 Å². The number of halogens is 1. The number of anilines is 2. The second-order valence-corrected chi connectivity index (χ2v) is 4.05. The van der Waals surface area contributed by atoms with Gasteiger partial charge in [0.25, 0.3) is 0 Å². The van der Waals surface area contributed by atoms with Crippen molar-refractivity contribution in [1.29, 1.82) is 5.26 Å². The Bertz CT molecular complexity index is 680. The van der Waals surface area contributed by atoms with Crippen LogP contribution in [0.1, 0.15) is 16.1 Å². The van der Waals surface area contributed by atoms with Gasteiger partial charge in [-0.15, -0.1) is 0 Å². The van der Waals surface area contributed by atoms with Gasteiger partial charge in [-0.2, -0.15) is 5.26 Å². The van der Waals surface area contributed by atoms with Gasteiger partial charge in [-0.25, -0.2) is 9.78 Å². The number of hydrogen-bond acceptors (Lipinski definition) is 4. The van der Waals surface area contributed by atoms with Gasteiger partial charge >= 0.3 is 5.97 Å². The summed E-state index contributed by atoms with van der Waals surface area (Å²) in [6.07, 6.45) is 0. The Morgan fingerprint density at radius 3 is 2.79 bits per heavy atom. The van der Waals surface area contributed by atoms with Gasteiger partial charge in [0.1, 0.15) is 5.82 Å². The standard InChI is InChI=1S/C13H8ClN3O2/c14-9-6-8(7-15)4-5-10(9)16-12-3-1-2-11(17-12)13(18)19/h1-6H,(H,16,17)(H,18,19). The molecule has 0 amide bonds. The average Bonchev–Trinajstić information content (AvgIpc) is 2.41. The second kappa shape index (κ2) is 5.38. The molecule has 0 aliphatic heterocycles. The summed E-state index contributed by atoms with van der Waals surface area (Å²) in [6.45, 7) is 0. The van der Waals surface area contributed by atoms with E-state index in [-0.39, 0.29) is 5.69 Å². The monoisotopic (exact) mass is 273 g/mol. The molecule has 19 heavy (non-hydrogen) atoms. The molecule has 2 aromatic rings. The van der Waals surface area contributed by atoms with E-state index in [4.69, 9.17) is 22.0 Å². The van der Waals surface area contributed by atoms with Crippen molar-refractivity contribution in [3.63, 3.8) is 0 Å². The number of carboxylic acids is 1. The molecule has 0 aliphatic rings. The fourth-order valence-electron chi connectivity index (χ4n) is 1.45. The zero-order valence-electron chi connectivity index (χ0n) is 9.59. The molecule has 6 heteroatoms. The van der Waals surface area contributed by atoms with Gasteiger partial charge < -0.3 is 10.4 Å². The van der Waals surface area contributed by atoms with Crippen molar-refractivity contribution in [2.45, 2.75) is 0 Å². The molecule has 0 spiro atoms. The number of nitriles is 1. The highest BCUT2D eigenvalue weighted by Gasteiger charge is 2.07. The van der Waals surface area contributed by atoms with Crippen LogP contribution in [0.15, 0.2) is 36.4 Å². The van der Waals surface area contributed by atoms with E-state index in [2.05, 4.69) is 10.3 Å². The van der Waals surface area contributed by atoms with Gasteiger partial charge in [0.05, 0.1) is 22.3 Å². The molecule has 1 heterocycles. The predicted octanol–water partition coefficient (Wildman–Crippen LogP) is 3.05. The van der Waals surface area contributed by atoms with Crippen LogP contribution in [0.4, 0.5) is 11.5 Å². The SMILES string of the molecule is N#Cc1ccc(Nc2cccc(C(=O)O)n2)c(Cl)c1. The van der Waals surface area contributed by atoms with Gasteiger partial charge in [0, 0.05) is 0 Å². The third-order valence-corrected chi connectivity index (χ3v) is 2.64. The van der Waals surface area contributed by atoms with Crippen LogP contribution in [-0.2, 0) is 0 Å². The van der Waals surface area contributed by atoms with Crippen LogP contribution in [0.5, 0.6) is 0 Å². The first-order valence-corrected chi connectivity index (χ1v) is 5.65. The molecule has 5 nitrogen and oxygen atoms in total. The number of hydrogen-bond donors (Lipinski definition) is 2. The molecule has 1 aromatic carbocycles. The maximum atomic E-state index is 10.8. The van der Waals surface area contributed by atoms with E-state index in [1.165, 1.54) is 12.1 Å². The Hall–Kier alpha value is -2.58. The highest BCUT2D eigenvalue weighted by atomic mass is 35.5. The summed E-state index contributed by atoms with van der Waals surface area (Å²) in [4.78, 5) is 14.7. The van der Waals surface area contributed by atoms with Crippen LogP contribution in [0.2, 0.25) is 5.02 Å². The van der Waals surface area contributed by atoms with E-state index < -0.39 is 5.97 Å². The summed E-state index contributed by atoms with van der Waals surface area (Å²) in [5.74, 6) is -0.735. The van der Waals surface area contributed by atoms with Gasteiger partial charge in [-0.05, 0) is 30.3 Å². The number of aromatic nitrogens is 1. The Morgan fingerprint density at radius 1 is 1.37 bits per heavy atom. The van der Waals surface area contributed by atoms with Crippen LogP contribution in [0.3, 0.4) is 0 Å². The fraction of sp³-hybridized carbons (Fsp3) is 0. The van der Waals surface area contributed by atoms with E-state index in [1.807, 2.05) is 6.07 Å². The molecule has 1 aromatic heterocycles. The zero-order valence-corrected chi connectivity index (χ0v) is 10.3. The van der Waals surface area contributed by atoms with Crippen LogP contribution in [0.25, 0.3) is 0 Å². The third-order valence-electron chi connectivity index (χ3n) is 2.33. The average molecular weight is 274 g/mol. The van der Waals surface area contributed by atoms with Crippen LogP contribution in [0, 0.1) is 11.3 Å². The number of benzene rings is 1. The lowest BCUT2D eigenvalue weighted by atomic mass is 10.2. The summed E-state index contributed by atoms with van der Waals surface area (Å²) < 4.78 is 0. The first-order chi connectivity index (χ1) is 9.10. The summed E-state index contributed by atoms with van der Waals surface area (Å²) in [7, 11) is 0. The van der Waals surface area contributed by atoms with Crippen LogP contribution in [-0.4, -0.2) is 16.1 Å². The Morgan fingerprint density at radius 2 is 2.16 bits per heavy atom. The Balaban J connectivity index is 2.29. The van der Waals surface area contributed by atoms with Crippen LogP contribution >= 0.6 is 11.6 Å². The van der Waals surface area contributed by atoms with Crippen molar-refractivity contribution < 1.29 is 9.90 Å². The molecule has 0 unspecified atom stereocenters. The van der Waals surface area contributed by atoms with Crippen molar-refractivity contribution >= 4 is 29.1 Å². The molecular weight excluding hydrogens is 266 g/mol. The molecule has 0 radical (unpaired) electrons. The second-order valence-electron chi connectivity index (χ2n) is 3.64. The molecule has 0 saturated heterocycles. The lowest BCUT2D eigenvalue weighted by Gasteiger charge is -2.08. The van der Waals surface area contributed by atoms with Crippen molar-refractivity contribution in [3.05, 3.63) is 52.7 Å². The number of aromatic carboxylic acids is 1. The highest BCUT2D eigenvalue weighted by Crippen LogP contribution is 2.25. The molecule has 0 atom stereocenters. The van der Waals surface area contributed by atoms with E-state index in [0.29, 0.717) is 22.1 Å². The van der Waals surface area contributed by atoms with Crippen molar-refractivity contribution in [2.24, 2.45) is 0 Å². The van der Waals surface area contributed by atoms with E-state index >= 15 is 0 Å². The highest BCUT2D eigenvalue weighted by molar-refractivity contribution is 6.33. The van der Waals surface area contributed by atoms with E-state index in [9.17, 15) is 4.79 Å². The van der Waals surface area contributed by atoms with Crippen LogP contribution < -0.4 is 5.32 Å². The number of nitrogens with one attached hydrogen (secondary N) is 1. The minimum Gasteiger partial charge on any atom is -0.477 e. The number of carboxylic acid groups (broad SMARTS) is 1. The lowest BCUT2D eigenvalue weighted by molar-refractivity contribution is 0.0690. The van der Waals surface area contributed by atoms with Crippen molar-refractivity contribution in [2.75, 3.05) is 5.32 Å². The molecule has 94 valence electrons. The molecule has 2 rings (SSSR count). The van der Waals surface area contributed by atoms with Crippen molar-refractivity contribution in [3.8, 4) is 6.07 Å². The van der Waals surface area contributed by atoms with E-state index in [0.717, 1.165) is 0 Å². The summed E-state index contributed by atoms with van der Waals surface area (Å²) >= 11 is 6.00. The third kappa shape index (κ3) is 3.00. The summed E-state index contributed by atoms with van der Waals surface area (Å²) in [5.41, 5.74) is 0.938. The molecular formula is C13H8ClN3O2. The first-order valence-electron chi connectivity index (χ1n) is 5.27. The molecule has 0 saturated carbocycles. The number of pyridine rings is 1. The predicted molar refractivity (Wildman–Crippen MR) is 70.6 cm³/mol. The van der Waals surface area contributed by atoms with Gasteiger partial charge in [0.15, 0.2) is 5.69 Å².